The van der Waals surface area contributed by atoms with Crippen LogP contribution < -0.4 is 5.32 Å². The maximum atomic E-state index is 12.8. The fourth-order valence-corrected chi connectivity index (χ4v) is 4.89. The van der Waals surface area contributed by atoms with Gasteiger partial charge in [0.1, 0.15) is 0 Å². The number of likely N-dealkylation sites (tertiary alicyclic amines) is 1. The Kier molecular flexibility index (Phi) is 8.28. The second kappa shape index (κ2) is 12.0. The Morgan fingerprint density at radius 2 is 1.69 bits per heavy atom. The highest BCUT2D eigenvalue weighted by molar-refractivity contribution is 6.30. The highest BCUT2D eigenvalue weighted by Gasteiger charge is 2.26. The second-order valence-electron chi connectivity index (χ2n) is 9.50. The van der Waals surface area contributed by atoms with Gasteiger partial charge in [-0.15, -0.1) is 0 Å². The molecule has 0 saturated carbocycles. The molecule has 36 heavy (non-hydrogen) atoms. The average molecular weight is 510 g/mol. The third kappa shape index (κ3) is 6.70. The van der Waals surface area contributed by atoms with Crippen LogP contribution in [-0.2, 0) is 29.2 Å². The van der Waals surface area contributed by atoms with Crippen LogP contribution in [0.2, 0.25) is 5.02 Å². The number of benzene rings is 2. The molecule has 0 spiro atoms. The van der Waals surface area contributed by atoms with Gasteiger partial charge in [-0.1, -0.05) is 41.0 Å². The Morgan fingerprint density at radius 1 is 0.972 bits per heavy atom. The molecule has 5 rings (SSSR count). The number of carbonyl (C=O) groups excluding carboxylic acids is 1. The molecule has 8 nitrogen and oxygen atoms in total. The van der Waals surface area contributed by atoms with Crippen LogP contribution in [0.25, 0.3) is 11.4 Å². The van der Waals surface area contributed by atoms with Crippen LogP contribution in [0.4, 0.5) is 0 Å². The van der Waals surface area contributed by atoms with Crippen molar-refractivity contribution in [1.82, 2.24) is 25.3 Å². The maximum Gasteiger partial charge on any atom is 0.241 e. The number of carbonyl (C=O) groups is 1. The lowest BCUT2D eigenvalue weighted by atomic mass is 9.96. The zero-order valence-electron chi connectivity index (χ0n) is 20.4. The molecule has 0 aliphatic carbocycles. The van der Waals surface area contributed by atoms with Gasteiger partial charge in [0, 0.05) is 42.7 Å². The minimum atomic E-state index is 0.0325. The molecule has 1 N–H and O–H groups in total. The fraction of sp³-hybridized carbons (Fsp3) is 0.444. The van der Waals surface area contributed by atoms with Crippen molar-refractivity contribution in [3.8, 4) is 11.4 Å². The van der Waals surface area contributed by atoms with E-state index in [0.29, 0.717) is 29.8 Å². The molecule has 0 radical (unpaired) electrons. The summed E-state index contributed by atoms with van der Waals surface area (Å²) < 4.78 is 10.9. The van der Waals surface area contributed by atoms with Gasteiger partial charge in [-0.2, -0.15) is 4.98 Å². The van der Waals surface area contributed by atoms with Crippen molar-refractivity contribution in [3.05, 3.63) is 70.6 Å². The van der Waals surface area contributed by atoms with Gasteiger partial charge in [0.25, 0.3) is 0 Å². The first-order chi connectivity index (χ1) is 17.6. The van der Waals surface area contributed by atoms with Crippen molar-refractivity contribution in [1.29, 1.82) is 0 Å². The number of nitrogens with zero attached hydrogens (tertiary/aromatic N) is 4. The summed E-state index contributed by atoms with van der Waals surface area (Å²) in [6, 6.07) is 15.9. The Balaban J connectivity index is 1.06. The number of morpholine rings is 1. The zero-order valence-corrected chi connectivity index (χ0v) is 21.1. The predicted molar refractivity (Wildman–Crippen MR) is 137 cm³/mol. The van der Waals surface area contributed by atoms with Gasteiger partial charge in [-0.05, 0) is 61.3 Å². The van der Waals surface area contributed by atoms with Crippen LogP contribution in [0.15, 0.2) is 53.1 Å². The number of rotatable bonds is 8. The predicted octanol–water partition coefficient (Wildman–Crippen LogP) is 3.75. The molecule has 2 aliphatic rings. The Bertz CT molecular complexity index is 1140. The molecule has 3 aromatic rings. The summed E-state index contributed by atoms with van der Waals surface area (Å²) in [7, 11) is 0. The van der Waals surface area contributed by atoms with Crippen LogP contribution in [0, 0.1) is 5.92 Å². The van der Waals surface area contributed by atoms with Crippen LogP contribution >= 0.6 is 11.6 Å². The normalized spacial score (nSPS) is 17.8. The van der Waals surface area contributed by atoms with Gasteiger partial charge in [-0.3, -0.25) is 14.6 Å². The van der Waals surface area contributed by atoms with Crippen LogP contribution in [0.1, 0.15) is 29.9 Å². The molecule has 190 valence electrons. The summed E-state index contributed by atoms with van der Waals surface area (Å²) in [5.41, 5.74) is 3.29. The Morgan fingerprint density at radius 3 is 2.47 bits per heavy atom. The number of ether oxygens (including phenoxy) is 1. The van der Waals surface area contributed by atoms with Crippen molar-refractivity contribution in [2.45, 2.75) is 32.5 Å². The quantitative estimate of drug-likeness (QED) is 0.495. The number of nitrogens with one attached hydrogen (secondary N) is 1. The molecule has 3 heterocycles. The standard InChI is InChI=1S/C27H32ClN5O3/c28-24-6-4-22(5-7-24)26-30-25(36-31-26)19-32-10-8-23(9-11-32)27(34)29-17-20-2-1-3-21(16-20)18-33-12-14-35-15-13-33/h1-7,16,23H,8-15,17-19H2,(H,29,34). The maximum absolute atomic E-state index is 12.8. The highest BCUT2D eigenvalue weighted by Crippen LogP contribution is 2.22. The van der Waals surface area contributed by atoms with Gasteiger partial charge in [0.2, 0.25) is 17.6 Å². The van der Waals surface area contributed by atoms with E-state index in [0.717, 1.165) is 69.9 Å². The first-order valence-electron chi connectivity index (χ1n) is 12.6. The van der Waals surface area contributed by atoms with Gasteiger partial charge in [0.05, 0.1) is 19.8 Å². The van der Waals surface area contributed by atoms with Crippen molar-refractivity contribution in [3.63, 3.8) is 0 Å². The molecule has 9 heteroatoms. The average Bonchev–Trinajstić information content (AvgIpc) is 3.37. The summed E-state index contributed by atoms with van der Waals surface area (Å²) in [6.45, 7) is 7.26. The summed E-state index contributed by atoms with van der Waals surface area (Å²) in [5, 5.41) is 7.91. The Labute approximate surface area is 216 Å². The second-order valence-corrected chi connectivity index (χ2v) is 9.93. The largest absolute Gasteiger partial charge is 0.379 e. The molecule has 2 fully saturated rings. The highest BCUT2D eigenvalue weighted by atomic mass is 35.5. The number of hydrogen-bond acceptors (Lipinski definition) is 7. The lowest BCUT2D eigenvalue weighted by molar-refractivity contribution is -0.126. The molecule has 1 amide bonds. The lowest BCUT2D eigenvalue weighted by Gasteiger charge is -2.30. The van der Waals surface area contributed by atoms with Crippen LogP contribution in [0.3, 0.4) is 0 Å². The number of halogens is 1. The molecule has 0 unspecified atom stereocenters. The molecule has 2 saturated heterocycles. The van der Waals surface area contributed by atoms with E-state index in [9.17, 15) is 4.79 Å². The monoisotopic (exact) mass is 509 g/mol. The molecule has 0 bridgehead atoms. The van der Waals surface area contributed by atoms with Crippen LogP contribution in [0.5, 0.6) is 0 Å². The fourth-order valence-electron chi connectivity index (χ4n) is 4.77. The minimum Gasteiger partial charge on any atom is -0.379 e. The SMILES string of the molecule is O=C(NCc1cccc(CN2CCOCC2)c1)C1CCN(Cc2nc(-c3ccc(Cl)cc3)no2)CC1. The number of aromatic nitrogens is 2. The van der Waals surface area contributed by atoms with E-state index >= 15 is 0 Å². The van der Waals surface area contributed by atoms with E-state index in [4.69, 9.17) is 20.9 Å². The third-order valence-corrected chi connectivity index (χ3v) is 7.11. The van der Waals surface area contributed by atoms with E-state index in [-0.39, 0.29) is 11.8 Å². The molecular weight excluding hydrogens is 478 g/mol. The smallest absolute Gasteiger partial charge is 0.241 e. The minimum absolute atomic E-state index is 0.0325. The van der Waals surface area contributed by atoms with Gasteiger partial charge < -0.3 is 14.6 Å². The van der Waals surface area contributed by atoms with Crippen molar-refractivity contribution >= 4 is 17.5 Å². The van der Waals surface area contributed by atoms with Crippen molar-refractivity contribution in [2.75, 3.05) is 39.4 Å². The van der Waals surface area contributed by atoms with Gasteiger partial charge in [0.15, 0.2) is 0 Å². The van der Waals surface area contributed by atoms with Crippen molar-refractivity contribution < 1.29 is 14.1 Å². The van der Waals surface area contributed by atoms with E-state index in [1.165, 1.54) is 5.56 Å². The summed E-state index contributed by atoms with van der Waals surface area (Å²) >= 11 is 5.95. The summed E-state index contributed by atoms with van der Waals surface area (Å²) in [4.78, 5) is 22.0. The number of piperidine rings is 1. The Hall–Kier alpha value is -2.78. The summed E-state index contributed by atoms with van der Waals surface area (Å²) in [6.07, 6.45) is 1.64. The lowest BCUT2D eigenvalue weighted by Crippen LogP contribution is -2.40. The third-order valence-electron chi connectivity index (χ3n) is 6.86. The van der Waals surface area contributed by atoms with E-state index in [2.05, 4.69) is 49.5 Å². The molecule has 1 aromatic heterocycles. The topological polar surface area (TPSA) is 83.7 Å². The van der Waals surface area contributed by atoms with Crippen LogP contribution in [-0.4, -0.2) is 65.2 Å². The first kappa shape index (κ1) is 24.9. The first-order valence-corrected chi connectivity index (χ1v) is 13.0. The number of hydrogen-bond donors (Lipinski definition) is 1. The molecular formula is C27H32ClN5O3. The molecule has 0 atom stereocenters. The molecule has 2 aromatic carbocycles. The van der Waals surface area contributed by atoms with E-state index in [1.54, 1.807) is 0 Å². The van der Waals surface area contributed by atoms with Gasteiger partial charge in [-0.25, -0.2) is 0 Å². The zero-order chi connectivity index (χ0) is 24.7. The van der Waals surface area contributed by atoms with E-state index < -0.39 is 0 Å². The summed E-state index contributed by atoms with van der Waals surface area (Å²) in [5.74, 6) is 1.31. The van der Waals surface area contributed by atoms with Crippen molar-refractivity contribution in [2.24, 2.45) is 5.92 Å². The van der Waals surface area contributed by atoms with Gasteiger partial charge >= 0.3 is 0 Å². The van der Waals surface area contributed by atoms with E-state index in [1.807, 2.05) is 24.3 Å². The molecule has 2 aliphatic heterocycles. The number of amides is 1.